The van der Waals surface area contributed by atoms with Crippen LogP contribution in [0.4, 0.5) is 0 Å². The number of hydrogen-bond acceptors (Lipinski definition) is 3. The Morgan fingerprint density at radius 3 is 3.17 bits per heavy atom. The second kappa shape index (κ2) is 4.42. The molecule has 0 aromatic rings. The van der Waals surface area contributed by atoms with Crippen LogP contribution in [0, 0.1) is 0 Å². The number of piperazine rings is 1. The minimum atomic E-state index is 0.130. The monoisotopic (exact) mass is 171 g/mol. The number of rotatable bonds is 3. The zero-order chi connectivity index (χ0) is 8.97. The molecule has 0 bridgehead atoms. The highest BCUT2D eigenvalue weighted by Gasteiger charge is 2.21. The predicted octanol–water partition coefficient (Wildman–Crippen LogP) is -0.844. The molecule has 1 aliphatic heterocycles. The molecule has 70 valence electrons. The molecule has 1 unspecified atom stereocenters. The van der Waals surface area contributed by atoms with E-state index in [0.717, 1.165) is 19.5 Å². The Bertz CT molecular complexity index is 160. The summed E-state index contributed by atoms with van der Waals surface area (Å²) >= 11 is 0. The average molecular weight is 171 g/mol. The van der Waals surface area contributed by atoms with Crippen LogP contribution in [0.5, 0.6) is 0 Å². The Labute approximate surface area is 73.1 Å². The number of nitrogens with two attached hydrogens (primary N) is 1. The van der Waals surface area contributed by atoms with Crippen LogP contribution in [-0.2, 0) is 4.79 Å². The molecule has 4 heteroatoms. The van der Waals surface area contributed by atoms with Crippen molar-refractivity contribution in [2.75, 3.05) is 26.2 Å². The number of carbonyl (C=O) groups excluding carboxylic acids is 1. The molecule has 0 radical (unpaired) electrons. The zero-order valence-corrected chi connectivity index (χ0v) is 7.55. The second-order valence-corrected chi connectivity index (χ2v) is 3.27. The van der Waals surface area contributed by atoms with E-state index in [1.807, 2.05) is 0 Å². The fraction of sp³-hybridized carbons (Fsp3) is 0.875. The lowest BCUT2D eigenvalue weighted by molar-refractivity contribution is -0.125. The van der Waals surface area contributed by atoms with Crippen molar-refractivity contribution in [3.8, 4) is 0 Å². The largest absolute Gasteiger partial charge is 0.353 e. The smallest absolute Gasteiger partial charge is 0.234 e. The van der Waals surface area contributed by atoms with E-state index < -0.39 is 0 Å². The third-order valence-electron chi connectivity index (χ3n) is 2.21. The first-order valence-corrected chi connectivity index (χ1v) is 4.45. The van der Waals surface area contributed by atoms with Crippen molar-refractivity contribution in [3.05, 3.63) is 0 Å². The van der Waals surface area contributed by atoms with E-state index in [2.05, 4.69) is 17.1 Å². The van der Waals surface area contributed by atoms with Crippen LogP contribution < -0.4 is 11.1 Å². The van der Waals surface area contributed by atoms with Crippen molar-refractivity contribution in [2.24, 2.45) is 5.73 Å². The lowest BCUT2D eigenvalue weighted by atomic mass is 10.2. The highest BCUT2D eigenvalue weighted by Crippen LogP contribution is 2.02. The van der Waals surface area contributed by atoms with Crippen molar-refractivity contribution in [1.29, 1.82) is 0 Å². The summed E-state index contributed by atoms with van der Waals surface area (Å²) < 4.78 is 0. The lowest BCUT2D eigenvalue weighted by Crippen LogP contribution is -2.53. The van der Waals surface area contributed by atoms with Crippen LogP contribution in [0.25, 0.3) is 0 Å². The fourth-order valence-electron chi connectivity index (χ4n) is 1.38. The molecule has 4 nitrogen and oxygen atoms in total. The van der Waals surface area contributed by atoms with Gasteiger partial charge in [0, 0.05) is 19.1 Å². The van der Waals surface area contributed by atoms with E-state index >= 15 is 0 Å². The summed E-state index contributed by atoms with van der Waals surface area (Å²) in [6.07, 6.45) is 0.970. The third-order valence-corrected chi connectivity index (χ3v) is 2.21. The molecule has 1 aliphatic rings. The molecular weight excluding hydrogens is 154 g/mol. The van der Waals surface area contributed by atoms with E-state index in [9.17, 15) is 4.79 Å². The maximum absolute atomic E-state index is 11.0. The van der Waals surface area contributed by atoms with Gasteiger partial charge in [0.05, 0.1) is 6.54 Å². The van der Waals surface area contributed by atoms with Gasteiger partial charge in [-0.3, -0.25) is 9.69 Å². The third kappa shape index (κ3) is 2.46. The quantitative estimate of drug-likeness (QED) is 0.582. The predicted molar refractivity (Wildman–Crippen MR) is 47.7 cm³/mol. The second-order valence-electron chi connectivity index (χ2n) is 3.27. The molecule has 0 spiro atoms. The standard InChI is InChI=1S/C8H17N3O/c1-7-5-10-8(12)6-11(7)4-2-3-9/h7H,2-6,9H2,1H3,(H,10,12). The average Bonchev–Trinajstić information content (AvgIpc) is 2.07. The van der Waals surface area contributed by atoms with Gasteiger partial charge in [-0.15, -0.1) is 0 Å². The van der Waals surface area contributed by atoms with Gasteiger partial charge < -0.3 is 11.1 Å². The first-order chi connectivity index (χ1) is 5.74. The van der Waals surface area contributed by atoms with Gasteiger partial charge in [-0.1, -0.05) is 0 Å². The van der Waals surface area contributed by atoms with Gasteiger partial charge in [0.25, 0.3) is 0 Å². The maximum Gasteiger partial charge on any atom is 0.234 e. The van der Waals surface area contributed by atoms with Gasteiger partial charge in [-0.05, 0) is 19.9 Å². The molecule has 12 heavy (non-hydrogen) atoms. The molecule has 1 heterocycles. The summed E-state index contributed by atoms with van der Waals surface area (Å²) in [7, 11) is 0. The first kappa shape index (κ1) is 9.48. The molecule has 0 aliphatic carbocycles. The van der Waals surface area contributed by atoms with Gasteiger partial charge >= 0.3 is 0 Å². The first-order valence-electron chi connectivity index (χ1n) is 4.45. The number of carbonyl (C=O) groups is 1. The molecule has 1 atom stereocenters. The normalized spacial score (nSPS) is 25.5. The Morgan fingerprint density at radius 2 is 2.50 bits per heavy atom. The molecule has 0 aromatic heterocycles. The number of hydrogen-bond donors (Lipinski definition) is 2. The minimum absolute atomic E-state index is 0.130. The van der Waals surface area contributed by atoms with E-state index in [1.54, 1.807) is 0 Å². The van der Waals surface area contributed by atoms with E-state index in [0.29, 0.717) is 19.1 Å². The molecule has 0 saturated carbocycles. The highest BCUT2D eigenvalue weighted by atomic mass is 16.2. The molecule has 1 saturated heterocycles. The van der Waals surface area contributed by atoms with E-state index in [-0.39, 0.29) is 5.91 Å². The van der Waals surface area contributed by atoms with Gasteiger partial charge in [-0.2, -0.15) is 0 Å². The van der Waals surface area contributed by atoms with Crippen LogP contribution in [0.3, 0.4) is 0 Å². The van der Waals surface area contributed by atoms with Crippen LogP contribution >= 0.6 is 0 Å². The van der Waals surface area contributed by atoms with Crippen molar-refractivity contribution in [1.82, 2.24) is 10.2 Å². The Balaban J connectivity index is 2.33. The molecule has 1 amide bonds. The Morgan fingerprint density at radius 1 is 1.75 bits per heavy atom. The summed E-state index contributed by atoms with van der Waals surface area (Å²) in [6, 6.07) is 0.453. The number of amides is 1. The molecule has 1 rings (SSSR count). The van der Waals surface area contributed by atoms with Crippen LogP contribution in [-0.4, -0.2) is 43.0 Å². The summed E-state index contributed by atoms with van der Waals surface area (Å²) in [5.41, 5.74) is 5.40. The van der Waals surface area contributed by atoms with Gasteiger partial charge in [0.15, 0.2) is 0 Å². The van der Waals surface area contributed by atoms with Crippen LogP contribution in [0.15, 0.2) is 0 Å². The summed E-state index contributed by atoms with van der Waals surface area (Å²) in [5.74, 6) is 0.130. The topological polar surface area (TPSA) is 58.4 Å². The summed E-state index contributed by atoms with van der Waals surface area (Å²) in [5, 5.41) is 2.83. The molecule has 1 fully saturated rings. The van der Waals surface area contributed by atoms with Gasteiger partial charge in [0.1, 0.15) is 0 Å². The number of nitrogens with one attached hydrogen (secondary N) is 1. The van der Waals surface area contributed by atoms with Crippen LogP contribution in [0.2, 0.25) is 0 Å². The zero-order valence-electron chi connectivity index (χ0n) is 7.55. The maximum atomic E-state index is 11.0. The minimum Gasteiger partial charge on any atom is -0.353 e. The van der Waals surface area contributed by atoms with Crippen molar-refractivity contribution in [3.63, 3.8) is 0 Å². The Kier molecular flexibility index (Phi) is 3.49. The summed E-state index contributed by atoms with van der Waals surface area (Å²) in [6.45, 7) is 5.05. The molecule has 0 aromatic carbocycles. The molecular formula is C8H17N3O. The SMILES string of the molecule is CC1CNC(=O)CN1CCCN. The van der Waals surface area contributed by atoms with Crippen molar-refractivity contribution in [2.45, 2.75) is 19.4 Å². The summed E-state index contributed by atoms with van der Waals surface area (Å²) in [4.78, 5) is 13.2. The van der Waals surface area contributed by atoms with Gasteiger partial charge in [-0.25, -0.2) is 0 Å². The molecule has 3 N–H and O–H groups in total. The van der Waals surface area contributed by atoms with Crippen LogP contribution in [0.1, 0.15) is 13.3 Å². The Hall–Kier alpha value is -0.610. The highest BCUT2D eigenvalue weighted by molar-refractivity contribution is 5.78. The fourth-order valence-corrected chi connectivity index (χ4v) is 1.38. The lowest BCUT2D eigenvalue weighted by Gasteiger charge is -2.32. The van der Waals surface area contributed by atoms with Gasteiger partial charge in [0.2, 0.25) is 5.91 Å². The van der Waals surface area contributed by atoms with E-state index in [4.69, 9.17) is 5.73 Å². The number of nitrogens with zero attached hydrogens (tertiary/aromatic N) is 1. The van der Waals surface area contributed by atoms with Crippen molar-refractivity contribution < 1.29 is 4.79 Å². The van der Waals surface area contributed by atoms with E-state index in [1.165, 1.54) is 0 Å². The van der Waals surface area contributed by atoms with Crippen molar-refractivity contribution >= 4 is 5.91 Å².